The molecule has 0 aromatic carbocycles. The fraction of sp³-hybridized carbons (Fsp3) is 0.750. The van der Waals surface area contributed by atoms with Crippen LogP contribution in [0.5, 0.6) is 0 Å². The molecule has 0 unspecified atom stereocenters. The van der Waals surface area contributed by atoms with Gasteiger partial charge in [-0.1, -0.05) is 0 Å². The second-order valence-corrected chi connectivity index (χ2v) is 3.06. The molecule has 1 aliphatic rings. The van der Waals surface area contributed by atoms with E-state index in [-0.39, 0.29) is 5.91 Å². The quantitative estimate of drug-likeness (QED) is 0.457. The van der Waals surface area contributed by atoms with Gasteiger partial charge in [-0.15, -0.1) is 0 Å². The number of rotatable bonds is 0. The Morgan fingerprint density at radius 3 is 2.88 bits per heavy atom. The zero-order chi connectivity index (χ0) is 5.98. The fourth-order valence-electron chi connectivity index (χ4n) is 0.607. The molecule has 4 heteroatoms. The molecule has 3 nitrogen and oxygen atoms in total. The van der Waals surface area contributed by atoms with Crippen molar-refractivity contribution in [1.82, 2.24) is 8.43 Å². The summed E-state index contributed by atoms with van der Waals surface area (Å²) < 4.78 is 1.97. The zero-order valence-corrected chi connectivity index (χ0v) is 6.51. The summed E-state index contributed by atoms with van der Waals surface area (Å²) in [4.78, 5) is 10.5. The van der Waals surface area contributed by atoms with E-state index in [4.69, 9.17) is 0 Å². The molecule has 1 fully saturated rings. The summed E-state index contributed by atoms with van der Waals surface area (Å²) in [5.41, 5.74) is 0. The average molecular weight is 226 g/mol. The van der Waals surface area contributed by atoms with E-state index in [1.54, 1.807) is 0 Å². The molecule has 0 aromatic rings. The highest BCUT2D eigenvalue weighted by Crippen LogP contribution is 1.98. The number of carbonyl (C=O) groups is 1. The maximum Gasteiger partial charge on any atom is 0.235 e. The van der Waals surface area contributed by atoms with Gasteiger partial charge in [-0.3, -0.25) is 4.79 Å². The van der Waals surface area contributed by atoms with Crippen molar-refractivity contribution in [2.24, 2.45) is 0 Å². The van der Waals surface area contributed by atoms with Crippen LogP contribution in [0.1, 0.15) is 0 Å². The van der Waals surface area contributed by atoms with Crippen LogP contribution < -0.4 is 5.32 Å². The molecule has 0 atom stereocenters. The highest BCUT2D eigenvalue weighted by atomic mass is 127. The van der Waals surface area contributed by atoms with Crippen LogP contribution in [0.3, 0.4) is 0 Å². The number of nitrogens with zero attached hydrogens (tertiary/aromatic N) is 1. The first-order chi connectivity index (χ1) is 3.79. The van der Waals surface area contributed by atoms with Gasteiger partial charge in [0.25, 0.3) is 0 Å². The molecule has 1 rings (SSSR count). The molecule has 1 heterocycles. The van der Waals surface area contributed by atoms with Gasteiger partial charge in [-0.2, -0.15) is 0 Å². The molecule has 8 heavy (non-hydrogen) atoms. The number of nitrogens with one attached hydrogen (secondary N) is 1. The lowest BCUT2D eigenvalue weighted by atomic mass is 10.4. The normalized spacial score (nSPS) is 22.9. The van der Waals surface area contributed by atoms with E-state index in [1.807, 2.05) is 3.11 Å². The first kappa shape index (κ1) is 6.28. The lowest BCUT2D eigenvalue weighted by molar-refractivity contribution is -0.122. The topological polar surface area (TPSA) is 32.3 Å². The molecule has 1 amide bonds. The molecule has 0 bridgehead atoms. The van der Waals surface area contributed by atoms with E-state index >= 15 is 0 Å². The van der Waals surface area contributed by atoms with Crippen LogP contribution in [-0.2, 0) is 4.79 Å². The number of hydrogen-bond acceptors (Lipinski definition) is 2. The van der Waals surface area contributed by atoms with E-state index in [9.17, 15) is 4.79 Å². The maximum atomic E-state index is 10.5. The highest BCUT2D eigenvalue weighted by molar-refractivity contribution is 14.1. The van der Waals surface area contributed by atoms with Gasteiger partial charge < -0.3 is 5.32 Å². The Bertz CT molecular complexity index is 106. The predicted octanol–water partition coefficient (Wildman–Crippen LogP) is -0.232. The summed E-state index contributed by atoms with van der Waals surface area (Å²) in [6.45, 7) is 2.30. The third kappa shape index (κ3) is 1.59. The predicted molar refractivity (Wildman–Crippen MR) is 38.6 cm³/mol. The minimum Gasteiger partial charge on any atom is -0.354 e. The Balaban J connectivity index is 2.34. The number of carbonyl (C=O) groups excluding carboxylic acids is 1. The van der Waals surface area contributed by atoms with Crippen molar-refractivity contribution in [3.63, 3.8) is 0 Å². The van der Waals surface area contributed by atoms with Crippen molar-refractivity contribution in [2.75, 3.05) is 19.6 Å². The zero-order valence-electron chi connectivity index (χ0n) is 4.35. The van der Waals surface area contributed by atoms with Gasteiger partial charge in [-0.05, 0) is 0 Å². The molecule has 0 saturated carbocycles. The van der Waals surface area contributed by atoms with Crippen LogP contribution in [0.25, 0.3) is 0 Å². The van der Waals surface area contributed by atoms with Gasteiger partial charge in [0, 0.05) is 36.0 Å². The smallest absolute Gasteiger partial charge is 0.235 e. The average Bonchev–Trinajstić information content (AvgIpc) is 1.64. The van der Waals surface area contributed by atoms with Crippen LogP contribution in [-0.4, -0.2) is 28.7 Å². The molecule has 1 N–H and O–H groups in total. The van der Waals surface area contributed by atoms with Gasteiger partial charge in [0.1, 0.15) is 0 Å². The Hall–Kier alpha value is 0.160. The molecule has 0 radical (unpaired) electrons. The van der Waals surface area contributed by atoms with E-state index in [0.717, 1.165) is 13.1 Å². The van der Waals surface area contributed by atoms with Crippen molar-refractivity contribution in [3.05, 3.63) is 0 Å². The third-order valence-electron chi connectivity index (χ3n) is 0.992. The minimum atomic E-state index is 0.130. The molecule has 1 aliphatic heterocycles. The van der Waals surface area contributed by atoms with Crippen molar-refractivity contribution >= 4 is 28.8 Å². The fourth-order valence-corrected chi connectivity index (χ4v) is 1.16. The van der Waals surface area contributed by atoms with Crippen molar-refractivity contribution in [2.45, 2.75) is 0 Å². The van der Waals surface area contributed by atoms with Gasteiger partial charge in [0.15, 0.2) is 0 Å². The summed E-state index contributed by atoms with van der Waals surface area (Å²) in [6, 6.07) is 0. The van der Waals surface area contributed by atoms with Crippen molar-refractivity contribution in [3.8, 4) is 0 Å². The molecular weight excluding hydrogens is 219 g/mol. The number of hydrogen-bond donors (Lipinski definition) is 1. The summed E-state index contributed by atoms with van der Waals surface area (Å²) in [6.07, 6.45) is 0. The highest BCUT2D eigenvalue weighted by Gasteiger charge is 2.11. The van der Waals surface area contributed by atoms with Gasteiger partial charge >= 0.3 is 0 Å². The first-order valence-corrected chi connectivity index (χ1v) is 3.43. The molecular formula is C4H7IN2O. The van der Waals surface area contributed by atoms with Crippen molar-refractivity contribution < 1.29 is 4.79 Å². The molecule has 1 saturated heterocycles. The standard InChI is InChI=1S/C4H7IN2O/c5-7-2-1-6-4(8)3-7/h1-3H2,(H,6,8). The lowest BCUT2D eigenvalue weighted by Gasteiger charge is -2.19. The minimum absolute atomic E-state index is 0.130. The Morgan fingerprint density at radius 2 is 2.50 bits per heavy atom. The van der Waals surface area contributed by atoms with Crippen LogP contribution in [0, 0.1) is 0 Å². The van der Waals surface area contributed by atoms with E-state index in [0.29, 0.717) is 6.54 Å². The molecule has 0 aromatic heterocycles. The number of piperazine rings is 1. The van der Waals surface area contributed by atoms with E-state index in [1.165, 1.54) is 0 Å². The van der Waals surface area contributed by atoms with Crippen LogP contribution in [0.4, 0.5) is 0 Å². The van der Waals surface area contributed by atoms with Crippen molar-refractivity contribution in [1.29, 1.82) is 0 Å². The Morgan fingerprint density at radius 1 is 1.75 bits per heavy atom. The van der Waals surface area contributed by atoms with Gasteiger partial charge in [0.05, 0.1) is 6.54 Å². The summed E-state index contributed by atoms with van der Waals surface area (Å²) >= 11 is 2.14. The monoisotopic (exact) mass is 226 g/mol. The lowest BCUT2D eigenvalue weighted by Crippen LogP contribution is -2.42. The Labute approximate surface area is 61.9 Å². The third-order valence-corrected chi connectivity index (χ3v) is 1.82. The second kappa shape index (κ2) is 2.63. The summed E-state index contributed by atoms with van der Waals surface area (Å²) in [5, 5.41) is 2.73. The largest absolute Gasteiger partial charge is 0.354 e. The number of halogens is 1. The van der Waals surface area contributed by atoms with E-state index < -0.39 is 0 Å². The van der Waals surface area contributed by atoms with Gasteiger partial charge in [-0.25, -0.2) is 3.11 Å². The van der Waals surface area contributed by atoms with Crippen LogP contribution >= 0.6 is 22.9 Å². The van der Waals surface area contributed by atoms with Crippen LogP contribution in [0.2, 0.25) is 0 Å². The number of amides is 1. The SMILES string of the molecule is O=C1CN(I)CCN1. The molecule has 46 valence electrons. The first-order valence-electron chi connectivity index (χ1n) is 2.46. The maximum absolute atomic E-state index is 10.5. The second-order valence-electron chi connectivity index (χ2n) is 1.69. The summed E-state index contributed by atoms with van der Waals surface area (Å²) in [5.74, 6) is 0.130. The van der Waals surface area contributed by atoms with E-state index in [2.05, 4.69) is 28.2 Å². The summed E-state index contributed by atoms with van der Waals surface area (Å²) in [7, 11) is 0. The molecule has 0 aliphatic carbocycles. The Kier molecular flexibility index (Phi) is 2.07. The molecule has 0 spiro atoms. The van der Waals surface area contributed by atoms with Gasteiger partial charge in [0.2, 0.25) is 5.91 Å². The van der Waals surface area contributed by atoms with Crippen LogP contribution in [0.15, 0.2) is 0 Å².